The van der Waals surface area contributed by atoms with Crippen molar-refractivity contribution in [1.29, 1.82) is 0 Å². The van der Waals surface area contributed by atoms with Gasteiger partial charge in [0.1, 0.15) is 11.3 Å². The first-order valence-corrected chi connectivity index (χ1v) is 11.0. The highest BCUT2D eigenvalue weighted by atomic mass is 35.5. The molecule has 4 atom stereocenters. The monoisotopic (exact) mass is 453 g/mol. The second-order valence-electron chi connectivity index (χ2n) is 8.95. The number of hydrogen-bond acceptors (Lipinski definition) is 5. The number of imide groups is 1. The van der Waals surface area contributed by atoms with Gasteiger partial charge in [0.2, 0.25) is 17.7 Å². The van der Waals surface area contributed by atoms with Crippen molar-refractivity contribution in [3.05, 3.63) is 58.6 Å². The fourth-order valence-electron chi connectivity index (χ4n) is 5.43. The maximum absolute atomic E-state index is 13.7. The summed E-state index contributed by atoms with van der Waals surface area (Å²) in [6, 6.07) is 12.2. The van der Waals surface area contributed by atoms with Crippen molar-refractivity contribution in [2.45, 2.75) is 32.0 Å². The molecule has 7 nitrogen and oxygen atoms in total. The van der Waals surface area contributed by atoms with E-state index in [2.05, 4.69) is 10.6 Å². The molecule has 3 aliphatic heterocycles. The van der Waals surface area contributed by atoms with E-state index in [0.29, 0.717) is 22.0 Å². The lowest BCUT2D eigenvalue weighted by molar-refractivity contribution is -0.143. The van der Waals surface area contributed by atoms with E-state index in [9.17, 15) is 14.4 Å². The van der Waals surface area contributed by atoms with E-state index < -0.39 is 17.4 Å². The quantitative estimate of drug-likeness (QED) is 0.695. The van der Waals surface area contributed by atoms with Gasteiger partial charge in [-0.15, -0.1) is 0 Å². The van der Waals surface area contributed by atoms with Crippen molar-refractivity contribution < 1.29 is 19.1 Å². The van der Waals surface area contributed by atoms with Crippen molar-refractivity contribution in [2.75, 3.05) is 12.4 Å². The summed E-state index contributed by atoms with van der Waals surface area (Å²) in [6.45, 7) is 4.13. The third-order valence-corrected chi connectivity index (χ3v) is 7.26. The minimum Gasteiger partial charge on any atom is -0.497 e. The average molecular weight is 454 g/mol. The first-order chi connectivity index (χ1) is 15.3. The number of halogens is 1. The molecular formula is C24H24ClN3O4. The van der Waals surface area contributed by atoms with Crippen LogP contribution in [0.2, 0.25) is 5.02 Å². The van der Waals surface area contributed by atoms with Gasteiger partial charge in [0.05, 0.1) is 36.2 Å². The van der Waals surface area contributed by atoms with Crippen LogP contribution in [0, 0.1) is 17.8 Å². The highest BCUT2D eigenvalue weighted by Gasteiger charge is 2.70. The number of hydrogen-bond donors (Lipinski definition) is 2. The van der Waals surface area contributed by atoms with Crippen LogP contribution in [-0.4, -0.2) is 35.8 Å². The lowest BCUT2D eigenvalue weighted by Crippen LogP contribution is -2.53. The minimum atomic E-state index is -1.32. The van der Waals surface area contributed by atoms with Gasteiger partial charge in [-0.25, -0.2) is 0 Å². The molecule has 2 aromatic rings. The van der Waals surface area contributed by atoms with Crippen LogP contribution in [0.1, 0.15) is 25.0 Å². The Hall–Kier alpha value is -2.90. The fourth-order valence-corrected chi connectivity index (χ4v) is 5.65. The van der Waals surface area contributed by atoms with Gasteiger partial charge in [-0.2, -0.15) is 0 Å². The van der Waals surface area contributed by atoms with Crippen LogP contribution in [0.25, 0.3) is 0 Å². The SMILES string of the molecule is COc1ccc(CN2C(=O)[C@@H]3[C@@H](C2=O)[C@]2(N[C@H]3C(C)C)C(=O)Nc3c(Cl)cccc32)cc1. The van der Waals surface area contributed by atoms with Gasteiger partial charge >= 0.3 is 0 Å². The highest BCUT2D eigenvalue weighted by molar-refractivity contribution is 6.35. The zero-order valence-corrected chi connectivity index (χ0v) is 18.8. The maximum Gasteiger partial charge on any atom is 0.250 e. The van der Waals surface area contributed by atoms with E-state index in [1.807, 2.05) is 26.0 Å². The molecule has 2 N–H and O–H groups in total. The van der Waals surface area contributed by atoms with E-state index in [-0.39, 0.29) is 36.2 Å². The number of methoxy groups -OCH3 is 1. The van der Waals surface area contributed by atoms with Crippen LogP contribution in [0.15, 0.2) is 42.5 Å². The number of carbonyl (C=O) groups is 3. The predicted molar refractivity (Wildman–Crippen MR) is 119 cm³/mol. The Bertz CT molecular complexity index is 1130. The summed E-state index contributed by atoms with van der Waals surface area (Å²) in [4.78, 5) is 41.9. The lowest BCUT2D eigenvalue weighted by Gasteiger charge is -2.30. The number of anilines is 1. The van der Waals surface area contributed by atoms with Crippen LogP contribution >= 0.6 is 11.6 Å². The Morgan fingerprint density at radius 3 is 2.47 bits per heavy atom. The average Bonchev–Trinajstić information content (AvgIpc) is 3.36. The van der Waals surface area contributed by atoms with Gasteiger partial charge in [0.25, 0.3) is 0 Å². The molecule has 1 spiro atoms. The molecule has 3 amide bonds. The van der Waals surface area contributed by atoms with E-state index >= 15 is 0 Å². The zero-order chi connectivity index (χ0) is 22.8. The summed E-state index contributed by atoms with van der Waals surface area (Å²) in [5.74, 6) is -1.65. The lowest BCUT2D eigenvalue weighted by atomic mass is 9.76. The fraction of sp³-hybridized carbons (Fsp3) is 0.375. The third-order valence-electron chi connectivity index (χ3n) is 6.94. The second kappa shape index (κ2) is 7.32. The number of fused-ring (bicyclic) bond motifs is 4. The highest BCUT2D eigenvalue weighted by Crippen LogP contribution is 2.55. The number of nitrogens with zero attached hydrogens (tertiary/aromatic N) is 1. The summed E-state index contributed by atoms with van der Waals surface area (Å²) < 4.78 is 5.19. The number of rotatable bonds is 4. The maximum atomic E-state index is 13.7. The van der Waals surface area contributed by atoms with E-state index in [1.165, 1.54) is 4.90 Å². The molecule has 2 saturated heterocycles. The minimum absolute atomic E-state index is 0.0376. The molecular weight excluding hydrogens is 430 g/mol. The summed E-state index contributed by atoms with van der Waals surface area (Å²) in [5, 5.41) is 6.67. The van der Waals surface area contributed by atoms with Gasteiger partial charge in [0, 0.05) is 11.6 Å². The van der Waals surface area contributed by atoms with Crippen LogP contribution in [0.4, 0.5) is 5.69 Å². The molecule has 5 rings (SSSR count). The number of amides is 3. The summed E-state index contributed by atoms with van der Waals surface area (Å²) in [5.41, 5.74) is 0.625. The second-order valence-corrected chi connectivity index (χ2v) is 9.36. The van der Waals surface area contributed by atoms with E-state index in [0.717, 1.165) is 5.56 Å². The van der Waals surface area contributed by atoms with Gasteiger partial charge in [-0.1, -0.05) is 49.7 Å². The van der Waals surface area contributed by atoms with Gasteiger partial charge in [-0.05, 0) is 29.7 Å². The van der Waals surface area contributed by atoms with Crippen molar-refractivity contribution in [3.8, 4) is 5.75 Å². The van der Waals surface area contributed by atoms with E-state index in [4.69, 9.17) is 16.3 Å². The van der Waals surface area contributed by atoms with Gasteiger partial charge in [-0.3, -0.25) is 24.6 Å². The number of likely N-dealkylation sites (tertiary alicyclic amines) is 1. The Labute approximate surface area is 191 Å². The molecule has 0 radical (unpaired) electrons. The first-order valence-electron chi connectivity index (χ1n) is 10.7. The Morgan fingerprint density at radius 2 is 1.81 bits per heavy atom. The Morgan fingerprint density at radius 1 is 1.09 bits per heavy atom. The molecule has 2 fully saturated rings. The number of benzene rings is 2. The van der Waals surface area contributed by atoms with Crippen LogP contribution in [0.5, 0.6) is 5.75 Å². The van der Waals surface area contributed by atoms with Crippen molar-refractivity contribution in [2.24, 2.45) is 17.8 Å². The third kappa shape index (κ3) is 2.74. The first kappa shape index (κ1) is 21.0. The molecule has 0 bridgehead atoms. The molecule has 0 aromatic heterocycles. The summed E-state index contributed by atoms with van der Waals surface area (Å²) in [6.07, 6.45) is 0. The van der Waals surface area contributed by atoms with Crippen molar-refractivity contribution in [1.82, 2.24) is 10.2 Å². The Kier molecular flexibility index (Phi) is 4.80. The predicted octanol–water partition coefficient (Wildman–Crippen LogP) is 2.93. The number of carbonyl (C=O) groups excluding carboxylic acids is 3. The molecule has 3 aliphatic rings. The zero-order valence-electron chi connectivity index (χ0n) is 18.0. The van der Waals surface area contributed by atoms with E-state index in [1.54, 1.807) is 37.4 Å². The molecule has 32 heavy (non-hydrogen) atoms. The molecule has 0 aliphatic carbocycles. The molecule has 0 unspecified atom stereocenters. The largest absolute Gasteiger partial charge is 0.497 e. The normalized spacial score (nSPS) is 28.5. The van der Waals surface area contributed by atoms with Gasteiger partial charge in [0.15, 0.2) is 0 Å². The topological polar surface area (TPSA) is 87.7 Å². The van der Waals surface area contributed by atoms with Crippen molar-refractivity contribution in [3.63, 3.8) is 0 Å². The van der Waals surface area contributed by atoms with Crippen LogP contribution in [-0.2, 0) is 26.5 Å². The smallest absolute Gasteiger partial charge is 0.250 e. The number of para-hydroxylation sites is 1. The van der Waals surface area contributed by atoms with Gasteiger partial charge < -0.3 is 10.1 Å². The molecule has 3 heterocycles. The molecule has 166 valence electrons. The molecule has 2 aromatic carbocycles. The Balaban J connectivity index is 1.58. The standard InChI is InChI=1S/C24H24ClN3O4/c1-12(2)19-17-18(24(27-19)15-5-4-6-16(25)20(15)26-23(24)31)22(30)28(21(17)29)11-13-7-9-14(32-3)10-8-13/h4-10,12,17-19,27H,11H2,1-3H3,(H,26,31)/t17-,18+,19+,24+/m1/s1. The summed E-state index contributed by atoms with van der Waals surface area (Å²) >= 11 is 6.35. The number of ether oxygens (including phenoxy) is 1. The van der Waals surface area contributed by atoms with Crippen LogP contribution < -0.4 is 15.4 Å². The molecule has 0 saturated carbocycles. The van der Waals surface area contributed by atoms with Crippen LogP contribution in [0.3, 0.4) is 0 Å². The molecule has 8 heteroatoms. The number of nitrogens with one attached hydrogen (secondary N) is 2. The van der Waals surface area contributed by atoms with Crippen molar-refractivity contribution >= 4 is 35.0 Å². The summed E-state index contributed by atoms with van der Waals surface area (Å²) in [7, 11) is 1.58.